The first kappa shape index (κ1) is 33.4. The van der Waals surface area contributed by atoms with Gasteiger partial charge < -0.3 is 9.47 Å². The molecular weight excluding hydrogens is 677 g/mol. The van der Waals surface area contributed by atoms with Crippen molar-refractivity contribution in [1.29, 1.82) is 0 Å². The highest BCUT2D eigenvalue weighted by molar-refractivity contribution is 6.11. The third-order valence-electron chi connectivity index (χ3n) is 11.1. The Bertz CT molecular complexity index is 2760. The first-order valence-electron chi connectivity index (χ1n) is 19.5. The van der Waals surface area contributed by atoms with Gasteiger partial charge in [-0.25, -0.2) is 0 Å². The summed E-state index contributed by atoms with van der Waals surface area (Å²) in [4.78, 5) is 2.38. The zero-order valence-corrected chi connectivity index (χ0v) is 31.1. The van der Waals surface area contributed by atoms with Gasteiger partial charge in [-0.1, -0.05) is 158 Å². The molecule has 0 unspecified atom stereocenters. The van der Waals surface area contributed by atoms with Crippen LogP contribution in [0.3, 0.4) is 0 Å². The molecule has 266 valence electrons. The quantitative estimate of drug-likeness (QED) is 0.152. The molecule has 1 aliphatic carbocycles. The summed E-state index contributed by atoms with van der Waals surface area (Å²) in [5.41, 5.74) is 16.7. The van der Waals surface area contributed by atoms with Crippen molar-refractivity contribution in [2.24, 2.45) is 0 Å². The number of benzene rings is 8. The summed E-state index contributed by atoms with van der Waals surface area (Å²) < 4.78 is 2.44. The number of hydrogen-bond acceptors (Lipinski definition) is 1. The van der Waals surface area contributed by atoms with E-state index < -0.39 is 0 Å². The van der Waals surface area contributed by atoms with Crippen LogP contribution in [0.25, 0.3) is 66.4 Å². The van der Waals surface area contributed by atoms with Crippen molar-refractivity contribution in [3.8, 4) is 39.1 Å². The van der Waals surface area contributed by atoms with Crippen LogP contribution in [0.5, 0.6) is 0 Å². The Labute approximate surface area is 328 Å². The van der Waals surface area contributed by atoms with Gasteiger partial charge >= 0.3 is 0 Å². The molecule has 0 amide bonds. The van der Waals surface area contributed by atoms with E-state index in [1.807, 2.05) is 0 Å². The third kappa shape index (κ3) is 6.32. The topological polar surface area (TPSA) is 8.17 Å². The lowest BCUT2D eigenvalue weighted by Gasteiger charge is -2.26. The maximum Gasteiger partial charge on any atom is 0.0561 e. The molecule has 1 aliphatic rings. The van der Waals surface area contributed by atoms with E-state index in [0.29, 0.717) is 0 Å². The Morgan fingerprint density at radius 3 is 1.38 bits per heavy atom. The first-order valence-corrected chi connectivity index (χ1v) is 19.5. The second kappa shape index (κ2) is 14.6. The molecular formula is C54H40N2. The van der Waals surface area contributed by atoms with Crippen molar-refractivity contribution >= 4 is 44.4 Å². The Morgan fingerprint density at radius 1 is 0.375 bits per heavy atom. The fourth-order valence-corrected chi connectivity index (χ4v) is 8.22. The smallest absolute Gasteiger partial charge is 0.0561 e. The number of nitrogens with zero attached hydrogens (tertiary/aromatic N) is 2. The number of fused-ring (bicyclic) bond motifs is 3. The van der Waals surface area contributed by atoms with Crippen molar-refractivity contribution < 1.29 is 0 Å². The lowest BCUT2D eigenvalue weighted by atomic mass is 9.96. The minimum absolute atomic E-state index is 1.06. The van der Waals surface area contributed by atoms with Gasteiger partial charge in [-0.05, 0) is 118 Å². The first-order chi connectivity index (χ1) is 27.8. The van der Waals surface area contributed by atoms with Crippen molar-refractivity contribution in [2.75, 3.05) is 4.90 Å². The van der Waals surface area contributed by atoms with Crippen LogP contribution >= 0.6 is 0 Å². The van der Waals surface area contributed by atoms with Crippen LogP contribution in [0, 0.1) is 0 Å². The molecule has 0 spiro atoms. The van der Waals surface area contributed by atoms with Crippen LogP contribution in [-0.4, -0.2) is 4.57 Å². The van der Waals surface area contributed by atoms with E-state index in [0.717, 1.165) is 35.6 Å². The molecule has 9 aromatic rings. The third-order valence-corrected chi connectivity index (χ3v) is 11.1. The Balaban J connectivity index is 1.15. The molecule has 0 saturated carbocycles. The Hall–Kier alpha value is -7.16. The van der Waals surface area contributed by atoms with E-state index in [1.54, 1.807) is 0 Å². The van der Waals surface area contributed by atoms with Gasteiger partial charge in [-0.3, -0.25) is 0 Å². The van der Waals surface area contributed by atoms with Crippen molar-refractivity contribution in [1.82, 2.24) is 4.57 Å². The minimum atomic E-state index is 1.06. The monoisotopic (exact) mass is 716 g/mol. The molecule has 1 aromatic heterocycles. The van der Waals surface area contributed by atoms with E-state index in [-0.39, 0.29) is 0 Å². The summed E-state index contributed by atoms with van der Waals surface area (Å²) in [6, 6.07) is 72.7. The lowest BCUT2D eigenvalue weighted by Crippen LogP contribution is -2.10. The van der Waals surface area contributed by atoms with Crippen molar-refractivity contribution in [2.45, 2.75) is 12.8 Å². The normalized spacial score (nSPS) is 12.5. The molecule has 2 nitrogen and oxygen atoms in total. The van der Waals surface area contributed by atoms with Gasteiger partial charge in [0.25, 0.3) is 0 Å². The SMILES string of the molecule is C1=CCCC(c2ccc3c(c2)c2ccc(N(c4ccc(-c5ccccc5)cc4)c4ccc(-c5ccccc5)cc4)cc2n3-c2ccc(-c3ccccc3)cc2)=C1. The maximum atomic E-state index is 2.44. The zero-order chi connectivity index (χ0) is 37.3. The standard InChI is InChI=1S/C54H40N2/c1-5-13-39(14-6-1)43-21-28-47(29-22-43)55(48-30-23-44(24-31-48)40-15-7-2-8-16-40)50-34-35-51-52-37-46(42-19-11-4-12-20-42)27-36-53(52)56(54(51)38-50)49-32-25-45(26-33-49)41-17-9-3-10-18-41/h1-11,13-19,21-38H,12,20H2. The number of hydrogen-bond donors (Lipinski definition) is 0. The lowest BCUT2D eigenvalue weighted by molar-refractivity contribution is 1.05. The zero-order valence-electron chi connectivity index (χ0n) is 31.1. The summed E-state index contributed by atoms with van der Waals surface area (Å²) in [5, 5.41) is 2.50. The molecule has 1 heterocycles. The van der Waals surface area contributed by atoms with E-state index in [9.17, 15) is 0 Å². The predicted molar refractivity (Wildman–Crippen MR) is 238 cm³/mol. The largest absolute Gasteiger partial charge is 0.310 e. The minimum Gasteiger partial charge on any atom is -0.310 e. The highest BCUT2D eigenvalue weighted by Gasteiger charge is 2.19. The summed E-state index contributed by atoms with van der Waals surface area (Å²) >= 11 is 0. The number of allylic oxidation sites excluding steroid dienone is 4. The Kier molecular flexibility index (Phi) is 8.70. The summed E-state index contributed by atoms with van der Waals surface area (Å²) in [6.45, 7) is 0. The molecule has 2 heteroatoms. The molecule has 0 aliphatic heterocycles. The Morgan fingerprint density at radius 2 is 0.857 bits per heavy atom. The van der Waals surface area contributed by atoms with E-state index in [2.05, 4.69) is 228 Å². The van der Waals surface area contributed by atoms with Gasteiger partial charge in [0.05, 0.1) is 11.0 Å². The van der Waals surface area contributed by atoms with Crippen molar-refractivity contribution in [3.63, 3.8) is 0 Å². The molecule has 0 radical (unpaired) electrons. The predicted octanol–water partition coefficient (Wildman–Crippen LogP) is 15.0. The van der Waals surface area contributed by atoms with Crippen LogP contribution in [0.1, 0.15) is 18.4 Å². The van der Waals surface area contributed by atoms with Gasteiger partial charge in [0.1, 0.15) is 0 Å². The van der Waals surface area contributed by atoms with E-state index >= 15 is 0 Å². The van der Waals surface area contributed by atoms with E-state index in [1.165, 1.54) is 66.3 Å². The van der Waals surface area contributed by atoms with Gasteiger partial charge in [-0.15, -0.1) is 0 Å². The molecule has 56 heavy (non-hydrogen) atoms. The molecule has 0 atom stereocenters. The van der Waals surface area contributed by atoms with Gasteiger partial charge in [0.2, 0.25) is 0 Å². The average molecular weight is 717 g/mol. The van der Waals surface area contributed by atoms with Crippen LogP contribution in [0.2, 0.25) is 0 Å². The van der Waals surface area contributed by atoms with Crippen LogP contribution in [-0.2, 0) is 0 Å². The molecule has 0 N–H and O–H groups in total. The van der Waals surface area contributed by atoms with Gasteiger partial charge in [0.15, 0.2) is 0 Å². The van der Waals surface area contributed by atoms with Crippen LogP contribution in [0.4, 0.5) is 17.1 Å². The highest BCUT2D eigenvalue weighted by Crippen LogP contribution is 2.42. The number of aromatic nitrogens is 1. The molecule has 0 saturated heterocycles. The molecule has 0 fully saturated rings. The molecule has 8 aromatic carbocycles. The van der Waals surface area contributed by atoms with Crippen LogP contribution < -0.4 is 4.90 Å². The van der Waals surface area contributed by atoms with Crippen molar-refractivity contribution in [3.05, 3.63) is 224 Å². The molecule has 10 rings (SSSR count). The van der Waals surface area contributed by atoms with Gasteiger partial charge in [-0.2, -0.15) is 0 Å². The second-order valence-electron chi connectivity index (χ2n) is 14.5. The fourth-order valence-electron chi connectivity index (χ4n) is 8.22. The van der Waals surface area contributed by atoms with Crippen LogP contribution in [0.15, 0.2) is 218 Å². The summed E-state index contributed by atoms with van der Waals surface area (Å²) in [6.07, 6.45) is 8.86. The maximum absolute atomic E-state index is 2.44. The summed E-state index contributed by atoms with van der Waals surface area (Å²) in [5.74, 6) is 0. The number of rotatable bonds is 8. The highest BCUT2D eigenvalue weighted by atomic mass is 15.1. The summed E-state index contributed by atoms with van der Waals surface area (Å²) in [7, 11) is 0. The number of anilines is 3. The van der Waals surface area contributed by atoms with Gasteiger partial charge in [0, 0.05) is 33.5 Å². The molecule has 0 bridgehead atoms. The fraction of sp³-hybridized carbons (Fsp3) is 0.0370. The van der Waals surface area contributed by atoms with E-state index in [4.69, 9.17) is 0 Å². The second-order valence-corrected chi connectivity index (χ2v) is 14.5. The average Bonchev–Trinajstić information content (AvgIpc) is 3.61.